The normalized spacial score (nSPS) is 18.2. The van der Waals surface area contributed by atoms with Crippen molar-refractivity contribution in [1.29, 1.82) is 0 Å². The van der Waals surface area contributed by atoms with Gasteiger partial charge in [0.25, 0.3) is 10.2 Å². The predicted octanol–water partition coefficient (Wildman–Crippen LogP) is 0.918. The fourth-order valence-electron chi connectivity index (χ4n) is 2.79. The van der Waals surface area contributed by atoms with E-state index < -0.39 is 10.2 Å². The zero-order valence-electron chi connectivity index (χ0n) is 12.8. The fourth-order valence-corrected chi connectivity index (χ4v) is 3.46. The van der Waals surface area contributed by atoms with Crippen molar-refractivity contribution in [3.63, 3.8) is 0 Å². The van der Waals surface area contributed by atoms with E-state index >= 15 is 0 Å². The van der Waals surface area contributed by atoms with Gasteiger partial charge in [-0.1, -0.05) is 43.7 Å². The molecule has 1 aromatic carbocycles. The number of hydrogen-bond donors (Lipinski definition) is 1. The third kappa shape index (κ3) is 4.06. The Labute approximate surface area is 132 Å². The van der Waals surface area contributed by atoms with Gasteiger partial charge in [-0.25, -0.2) is 5.14 Å². The molecule has 1 heterocycles. The van der Waals surface area contributed by atoms with Gasteiger partial charge in [0.15, 0.2) is 0 Å². The molecule has 6 nitrogen and oxygen atoms in total. The minimum absolute atomic E-state index is 0.0714. The Morgan fingerprint density at radius 1 is 1.18 bits per heavy atom. The first-order chi connectivity index (χ1) is 10.4. The summed E-state index contributed by atoms with van der Waals surface area (Å²) >= 11 is 0. The molecule has 1 saturated heterocycles. The second-order valence-corrected chi connectivity index (χ2v) is 7.07. The molecule has 1 aliphatic heterocycles. The zero-order valence-corrected chi connectivity index (χ0v) is 13.6. The van der Waals surface area contributed by atoms with Crippen molar-refractivity contribution in [3.05, 3.63) is 35.9 Å². The van der Waals surface area contributed by atoms with E-state index in [0.29, 0.717) is 13.1 Å². The largest absolute Gasteiger partial charge is 0.340 e. The second-order valence-electron chi connectivity index (χ2n) is 5.52. The number of rotatable bonds is 5. The number of benzene rings is 1. The van der Waals surface area contributed by atoms with Gasteiger partial charge in [0.2, 0.25) is 5.91 Å². The molecule has 0 radical (unpaired) electrons. The third-order valence-corrected chi connectivity index (χ3v) is 5.07. The lowest BCUT2D eigenvalue weighted by Crippen LogP contribution is -2.53. The Kier molecular flexibility index (Phi) is 5.55. The van der Waals surface area contributed by atoms with E-state index in [4.69, 9.17) is 5.14 Å². The van der Waals surface area contributed by atoms with Crippen molar-refractivity contribution in [2.24, 2.45) is 5.14 Å². The van der Waals surface area contributed by atoms with Gasteiger partial charge in [-0.15, -0.1) is 0 Å². The van der Waals surface area contributed by atoms with Crippen LogP contribution in [0.3, 0.4) is 0 Å². The average molecular weight is 325 g/mol. The van der Waals surface area contributed by atoms with Crippen LogP contribution in [-0.2, 0) is 15.0 Å². The molecule has 122 valence electrons. The molecule has 1 atom stereocenters. The quantitative estimate of drug-likeness (QED) is 0.873. The summed E-state index contributed by atoms with van der Waals surface area (Å²) in [5.41, 5.74) is 1.02. The Morgan fingerprint density at radius 2 is 1.77 bits per heavy atom. The van der Waals surface area contributed by atoms with Crippen molar-refractivity contribution in [1.82, 2.24) is 9.21 Å². The molecule has 0 aromatic heterocycles. The van der Waals surface area contributed by atoms with Crippen LogP contribution in [0.5, 0.6) is 0 Å². The number of nitrogens with zero attached hydrogens (tertiary/aromatic N) is 2. The lowest BCUT2D eigenvalue weighted by Gasteiger charge is -2.35. The summed E-state index contributed by atoms with van der Waals surface area (Å²) < 4.78 is 23.9. The van der Waals surface area contributed by atoms with Gasteiger partial charge in [-0.3, -0.25) is 4.79 Å². The van der Waals surface area contributed by atoms with E-state index in [0.717, 1.165) is 18.4 Å². The SMILES string of the molecule is CCC[C@H](C(=O)N1CCN(S(N)(=O)=O)CC1)c1ccccc1. The Morgan fingerprint density at radius 3 is 2.27 bits per heavy atom. The van der Waals surface area contributed by atoms with E-state index in [2.05, 4.69) is 6.92 Å². The van der Waals surface area contributed by atoms with Crippen molar-refractivity contribution < 1.29 is 13.2 Å². The van der Waals surface area contributed by atoms with E-state index in [-0.39, 0.29) is 24.9 Å². The van der Waals surface area contributed by atoms with Crippen LogP contribution in [0.4, 0.5) is 0 Å². The minimum atomic E-state index is -3.66. The lowest BCUT2D eigenvalue weighted by atomic mass is 9.93. The topological polar surface area (TPSA) is 83.7 Å². The fraction of sp³-hybridized carbons (Fsp3) is 0.533. The molecule has 1 aromatic rings. The highest BCUT2D eigenvalue weighted by molar-refractivity contribution is 7.86. The average Bonchev–Trinajstić information content (AvgIpc) is 2.52. The van der Waals surface area contributed by atoms with Gasteiger partial charge < -0.3 is 4.90 Å². The molecule has 1 amide bonds. The van der Waals surface area contributed by atoms with Gasteiger partial charge in [0.1, 0.15) is 0 Å². The van der Waals surface area contributed by atoms with E-state index in [1.54, 1.807) is 4.90 Å². The molecule has 1 fully saturated rings. The molecule has 22 heavy (non-hydrogen) atoms. The smallest absolute Gasteiger partial charge is 0.277 e. The summed E-state index contributed by atoms with van der Waals surface area (Å²) in [7, 11) is -3.66. The van der Waals surface area contributed by atoms with Gasteiger partial charge in [0, 0.05) is 26.2 Å². The maximum Gasteiger partial charge on any atom is 0.277 e. The standard InChI is InChI=1S/C15H23N3O3S/c1-2-6-14(13-7-4-3-5-8-13)15(19)17-9-11-18(12-10-17)22(16,20)21/h3-5,7-8,14H,2,6,9-12H2,1H3,(H2,16,20,21)/t14-/m0/s1. The molecule has 2 N–H and O–H groups in total. The van der Waals surface area contributed by atoms with E-state index in [1.165, 1.54) is 4.31 Å². The van der Waals surface area contributed by atoms with Crippen molar-refractivity contribution >= 4 is 16.1 Å². The number of amides is 1. The molecule has 0 bridgehead atoms. The molecule has 0 spiro atoms. The zero-order chi connectivity index (χ0) is 16.2. The van der Waals surface area contributed by atoms with Crippen LogP contribution >= 0.6 is 0 Å². The third-order valence-electron chi connectivity index (χ3n) is 3.99. The van der Waals surface area contributed by atoms with Gasteiger partial charge in [-0.2, -0.15) is 12.7 Å². The molecule has 1 aliphatic rings. The monoisotopic (exact) mass is 325 g/mol. The highest BCUT2D eigenvalue weighted by Gasteiger charge is 2.30. The number of piperazine rings is 1. The van der Waals surface area contributed by atoms with Crippen LogP contribution in [0, 0.1) is 0 Å². The summed E-state index contributed by atoms with van der Waals surface area (Å²) in [6.45, 7) is 3.36. The Hall–Kier alpha value is -1.44. The number of nitrogens with two attached hydrogens (primary N) is 1. The molecular formula is C15H23N3O3S. The second kappa shape index (κ2) is 7.21. The van der Waals surface area contributed by atoms with Crippen LogP contribution in [0.2, 0.25) is 0 Å². The Balaban J connectivity index is 2.06. The lowest BCUT2D eigenvalue weighted by molar-refractivity contribution is -0.134. The maximum absolute atomic E-state index is 12.8. The summed E-state index contributed by atoms with van der Waals surface area (Å²) in [4.78, 5) is 14.5. The van der Waals surface area contributed by atoms with Crippen LogP contribution in [0.15, 0.2) is 30.3 Å². The molecule has 0 aliphatic carbocycles. The first-order valence-electron chi connectivity index (χ1n) is 7.55. The van der Waals surface area contributed by atoms with Crippen molar-refractivity contribution in [2.45, 2.75) is 25.7 Å². The van der Waals surface area contributed by atoms with Crippen LogP contribution in [0.25, 0.3) is 0 Å². The highest BCUT2D eigenvalue weighted by Crippen LogP contribution is 2.24. The van der Waals surface area contributed by atoms with Crippen LogP contribution < -0.4 is 5.14 Å². The molecule has 7 heteroatoms. The van der Waals surface area contributed by atoms with Crippen LogP contribution in [0.1, 0.15) is 31.2 Å². The minimum Gasteiger partial charge on any atom is -0.340 e. The predicted molar refractivity (Wildman–Crippen MR) is 85.4 cm³/mol. The maximum atomic E-state index is 12.8. The molecule has 2 rings (SSSR count). The van der Waals surface area contributed by atoms with Gasteiger partial charge in [-0.05, 0) is 12.0 Å². The highest BCUT2D eigenvalue weighted by atomic mass is 32.2. The van der Waals surface area contributed by atoms with Gasteiger partial charge in [0.05, 0.1) is 5.92 Å². The van der Waals surface area contributed by atoms with Crippen molar-refractivity contribution in [2.75, 3.05) is 26.2 Å². The number of carbonyl (C=O) groups excluding carboxylic acids is 1. The first-order valence-corrected chi connectivity index (χ1v) is 9.05. The van der Waals surface area contributed by atoms with Crippen molar-refractivity contribution in [3.8, 4) is 0 Å². The first kappa shape index (κ1) is 16.9. The van der Waals surface area contributed by atoms with E-state index in [9.17, 15) is 13.2 Å². The summed E-state index contributed by atoms with van der Waals surface area (Å²) in [5.74, 6) is -0.0886. The summed E-state index contributed by atoms with van der Waals surface area (Å²) in [6.07, 6.45) is 1.71. The summed E-state index contributed by atoms with van der Waals surface area (Å²) in [6, 6.07) is 9.74. The molecule has 0 saturated carbocycles. The Bertz CT molecular complexity index is 596. The molecular weight excluding hydrogens is 302 g/mol. The molecule has 0 unspecified atom stereocenters. The number of hydrogen-bond acceptors (Lipinski definition) is 3. The summed E-state index contributed by atoms with van der Waals surface area (Å²) in [5, 5.41) is 5.13. The van der Waals surface area contributed by atoms with Gasteiger partial charge >= 0.3 is 0 Å². The number of carbonyl (C=O) groups is 1. The van der Waals surface area contributed by atoms with Crippen LogP contribution in [-0.4, -0.2) is 49.7 Å². The van der Waals surface area contributed by atoms with E-state index in [1.807, 2.05) is 30.3 Å².